The second-order valence-corrected chi connectivity index (χ2v) is 7.00. The first kappa shape index (κ1) is 18.3. The summed E-state index contributed by atoms with van der Waals surface area (Å²) in [6.07, 6.45) is 1.96. The summed E-state index contributed by atoms with van der Waals surface area (Å²) in [6.45, 7) is 5.02. The van der Waals surface area contributed by atoms with Gasteiger partial charge in [0.15, 0.2) is 0 Å². The zero-order valence-electron chi connectivity index (χ0n) is 16.5. The van der Waals surface area contributed by atoms with Gasteiger partial charge in [-0.15, -0.1) is 0 Å². The van der Waals surface area contributed by atoms with E-state index in [1.807, 2.05) is 35.1 Å². The van der Waals surface area contributed by atoms with E-state index in [1.54, 1.807) is 7.11 Å². The summed E-state index contributed by atoms with van der Waals surface area (Å²) >= 11 is 0. The maximum Gasteiger partial charge on any atom is 0.123 e. The third kappa shape index (κ3) is 3.39. The first-order valence-electron chi connectivity index (χ1n) is 9.57. The van der Waals surface area contributed by atoms with Gasteiger partial charge >= 0.3 is 0 Å². The molecule has 0 amide bonds. The standard InChI is InChI=1S/C24H25N3O/c1-17(22-16-26-27(18(22)2)20-10-5-4-6-11-20)25-15-23-21-12-8-7-9-19(21)13-14-24(23)28-3/h4-14,16-17,25H,15H2,1-3H3/t17-/m1/s1. The van der Waals surface area contributed by atoms with Crippen LogP contribution in [0.2, 0.25) is 0 Å². The quantitative estimate of drug-likeness (QED) is 0.507. The second-order valence-electron chi connectivity index (χ2n) is 7.00. The van der Waals surface area contributed by atoms with Crippen LogP contribution in [-0.4, -0.2) is 16.9 Å². The Morgan fingerprint density at radius 1 is 1.00 bits per heavy atom. The Morgan fingerprint density at radius 3 is 2.54 bits per heavy atom. The maximum absolute atomic E-state index is 5.62. The summed E-state index contributed by atoms with van der Waals surface area (Å²) in [5.41, 5.74) is 4.61. The Morgan fingerprint density at radius 2 is 1.75 bits per heavy atom. The van der Waals surface area contributed by atoms with Crippen molar-refractivity contribution in [1.82, 2.24) is 15.1 Å². The number of aromatic nitrogens is 2. The molecule has 0 aliphatic carbocycles. The van der Waals surface area contributed by atoms with Crippen molar-refractivity contribution in [2.75, 3.05) is 7.11 Å². The number of nitrogens with one attached hydrogen (secondary N) is 1. The Balaban J connectivity index is 1.58. The van der Waals surface area contributed by atoms with E-state index in [0.717, 1.165) is 23.7 Å². The minimum Gasteiger partial charge on any atom is -0.496 e. The van der Waals surface area contributed by atoms with Crippen LogP contribution in [0.15, 0.2) is 72.9 Å². The molecular formula is C24H25N3O. The van der Waals surface area contributed by atoms with Crippen LogP contribution in [0.5, 0.6) is 5.75 Å². The summed E-state index contributed by atoms with van der Waals surface area (Å²) in [4.78, 5) is 0. The van der Waals surface area contributed by atoms with Crippen molar-refractivity contribution in [2.24, 2.45) is 0 Å². The van der Waals surface area contributed by atoms with E-state index < -0.39 is 0 Å². The predicted molar refractivity (Wildman–Crippen MR) is 114 cm³/mol. The second kappa shape index (κ2) is 7.87. The average Bonchev–Trinajstić information content (AvgIpc) is 3.13. The number of hydrogen-bond acceptors (Lipinski definition) is 3. The molecule has 142 valence electrons. The van der Waals surface area contributed by atoms with Gasteiger partial charge < -0.3 is 10.1 Å². The molecule has 4 nitrogen and oxygen atoms in total. The summed E-state index contributed by atoms with van der Waals surface area (Å²) in [7, 11) is 1.73. The number of para-hydroxylation sites is 1. The molecule has 0 saturated carbocycles. The van der Waals surface area contributed by atoms with Gasteiger partial charge in [-0.2, -0.15) is 5.10 Å². The van der Waals surface area contributed by atoms with Gasteiger partial charge in [0.25, 0.3) is 0 Å². The molecular weight excluding hydrogens is 346 g/mol. The van der Waals surface area contributed by atoms with Gasteiger partial charge in [0.2, 0.25) is 0 Å². The first-order chi connectivity index (χ1) is 13.7. The molecule has 3 aromatic carbocycles. The highest BCUT2D eigenvalue weighted by molar-refractivity contribution is 5.87. The van der Waals surface area contributed by atoms with Crippen molar-refractivity contribution in [1.29, 1.82) is 0 Å². The van der Waals surface area contributed by atoms with Gasteiger partial charge in [-0.1, -0.05) is 48.5 Å². The van der Waals surface area contributed by atoms with Gasteiger partial charge in [0.1, 0.15) is 5.75 Å². The molecule has 0 aliphatic heterocycles. The largest absolute Gasteiger partial charge is 0.496 e. The normalized spacial score (nSPS) is 12.2. The zero-order valence-corrected chi connectivity index (χ0v) is 16.5. The zero-order chi connectivity index (χ0) is 19.5. The lowest BCUT2D eigenvalue weighted by Gasteiger charge is -2.17. The summed E-state index contributed by atoms with van der Waals surface area (Å²) < 4.78 is 7.61. The molecule has 0 spiro atoms. The molecule has 1 N–H and O–H groups in total. The highest BCUT2D eigenvalue weighted by Gasteiger charge is 2.15. The van der Waals surface area contributed by atoms with Crippen molar-refractivity contribution in [3.8, 4) is 11.4 Å². The fraction of sp³-hybridized carbons (Fsp3) is 0.208. The average molecular weight is 371 g/mol. The van der Waals surface area contributed by atoms with E-state index in [1.165, 1.54) is 21.9 Å². The molecule has 1 aromatic heterocycles. The van der Waals surface area contributed by atoms with Crippen LogP contribution >= 0.6 is 0 Å². The molecule has 1 atom stereocenters. The number of rotatable bonds is 6. The van der Waals surface area contributed by atoms with Gasteiger partial charge in [-0.25, -0.2) is 4.68 Å². The number of fused-ring (bicyclic) bond motifs is 1. The fourth-order valence-corrected chi connectivity index (χ4v) is 3.73. The van der Waals surface area contributed by atoms with E-state index in [4.69, 9.17) is 4.74 Å². The van der Waals surface area contributed by atoms with Crippen LogP contribution in [-0.2, 0) is 6.54 Å². The number of hydrogen-bond donors (Lipinski definition) is 1. The number of nitrogens with zero attached hydrogens (tertiary/aromatic N) is 2. The third-order valence-corrected chi connectivity index (χ3v) is 5.32. The lowest BCUT2D eigenvalue weighted by Crippen LogP contribution is -2.19. The van der Waals surface area contributed by atoms with Crippen LogP contribution in [0.1, 0.15) is 29.8 Å². The topological polar surface area (TPSA) is 39.1 Å². The minimum absolute atomic E-state index is 0.168. The Kier molecular flexibility index (Phi) is 5.13. The van der Waals surface area contributed by atoms with E-state index in [9.17, 15) is 0 Å². The van der Waals surface area contributed by atoms with E-state index in [0.29, 0.717) is 0 Å². The Bertz CT molecular complexity index is 1090. The van der Waals surface area contributed by atoms with E-state index in [2.05, 4.69) is 66.7 Å². The van der Waals surface area contributed by atoms with Crippen LogP contribution in [0.4, 0.5) is 0 Å². The lowest BCUT2D eigenvalue weighted by atomic mass is 10.0. The number of methoxy groups -OCH3 is 1. The van der Waals surface area contributed by atoms with E-state index >= 15 is 0 Å². The monoisotopic (exact) mass is 371 g/mol. The molecule has 4 rings (SSSR count). The Labute approximate surface area is 165 Å². The SMILES string of the molecule is COc1ccc2ccccc2c1CN[C@H](C)c1cnn(-c2ccccc2)c1C. The van der Waals surface area contributed by atoms with Crippen molar-refractivity contribution in [2.45, 2.75) is 26.4 Å². The molecule has 4 aromatic rings. The van der Waals surface area contributed by atoms with Gasteiger partial charge in [-0.3, -0.25) is 0 Å². The molecule has 0 unspecified atom stereocenters. The highest BCUT2D eigenvalue weighted by atomic mass is 16.5. The van der Waals surface area contributed by atoms with Gasteiger partial charge in [0, 0.05) is 29.4 Å². The summed E-state index contributed by atoms with van der Waals surface area (Å²) in [5, 5.41) is 10.7. The van der Waals surface area contributed by atoms with Crippen LogP contribution < -0.4 is 10.1 Å². The van der Waals surface area contributed by atoms with Crippen molar-refractivity contribution in [3.05, 3.63) is 89.7 Å². The van der Waals surface area contributed by atoms with E-state index in [-0.39, 0.29) is 6.04 Å². The Hall–Kier alpha value is -3.11. The first-order valence-corrected chi connectivity index (χ1v) is 9.57. The third-order valence-electron chi connectivity index (χ3n) is 5.32. The fourth-order valence-electron chi connectivity index (χ4n) is 3.73. The molecule has 0 radical (unpaired) electrons. The van der Waals surface area contributed by atoms with Crippen molar-refractivity contribution >= 4 is 10.8 Å². The maximum atomic E-state index is 5.62. The molecule has 0 saturated heterocycles. The molecule has 0 fully saturated rings. The smallest absolute Gasteiger partial charge is 0.123 e. The molecule has 28 heavy (non-hydrogen) atoms. The minimum atomic E-state index is 0.168. The summed E-state index contributed by atoms with van der Waals surface area (Å²) in [5.74, 6) is 0.912. The number of benzene rings is 3. The van der Waals surface area contributed by atoms with Crippen LogP contribution in [0, 0.1) is 6.92 Å². The van der Waals surface area contributed by atoms with Crippen molar-refractivity contribution in [3.63, 3.8) is 0 Å². The van der Waals surface area contributed by atoms with Gasteiger partial charge in [0.05, 0.1) is 19.0 Å². The predicted octanol–water partition coefficient (Wildman–Crippen LogP) is 5.19. The van der Waals surface area contributed by atoms with Gasteiger partial charge in [-0.05, 0) is 42.8 Å². The molecule has 0 aliphatic rings. The number of ether oxygens (including phenoxy) is 1. The molecule has 1 heterocycles. The summed E-state index contributed by atoms with van der Waals surface area (Å²) in [6, 6.07) is 23.0. The van der Waals surface area contributed by atoms with Crippen molar-refractivity contribution < 1.29 is 4.74 Å². The lowest BCUT2D eigenvalue weighted by molar-refractivity contribution is 0.407. The molecule has 0 bridgehead atoms. The molecule has 4 heteroatoms. The van der Waals surface area contributed by atoms with Crippen LogP contribution in [0.25, 0.3) is 16.5 Å². The van der Waals surface area contributed by atoms with Crippen LogP contribution in [0.3, 0.4) is 0 Å². The highest BCUT2D eigenvalue weighted by Crippen LogP contribution is 2.29.